The summed E-state index contributed by atoms with van der Waals surface area (Å²) >= 11 is 0. The second-order valence-electron chi connectivity index (χ2n) is 9.25. The van der Waals surface area contributed by atoms with Crippen LogP contribution in [-0.2, 0) is 15.4 Å². The number of β-amino-alcohol motifs (C(OH)–C–C–N with tert-alkyl or cyclic N) is 1. The molecule has 0 aromatic heterocycles. The summed E-state index contributed by atoms with van der Waals surface area (Å²) in [6.07, 6.45) is -0.0278. The van der Waals surface area contributed by atoms with Crippen LogP contribution >= 0.6 is 0 Å². The molecule has 6 nitrogen and oxygen atoms in total. The van der Waals surface area contributed by atoms with E-state index in [0.717, 1.165) is 12.1 Å². The standard InChI is InChI=1S/C24H33FN2O4S/c1-24(2,3)19-5-9-22(10-6-19)31-18-21(28)17-26-13-4-14-27(16-15-26)32(29,30)23-11-7-20(25)8-12-23/h5-12,21,28H,4,13-18H2,1-3H3. The number of nitrogens with zero attached hydrogens (tertiary/aromatic N) is 2. The number of halogens is 1. The number of ether oxygens (including phenoxy) is 1. The van der Waals surface area contributed by atoms with E-state index in [0.29, 0.717) is 44.9 Å². The lowest BCUT2D eigenvalue weighted by Gasteiger charge is -2.24. The number of aliphatic hydroxyl groups is 1. The number of benzene rings is 2. The first kappa shape index (κ1) is 24.6. The first-order chi connectivity index (χ1) is 15.1. The molecule has 0 saturated carbocycles. The molecule has 8 heteroatoms. The van der Waals surface area contributed by atoms with E-state index in [-0.39, 0.29) is 16.9 Å². The van der Waals surface area contributed by atoms with Gasteiger partial charge in [0.05, 0.1) is 4.90 Å². The molecule has 1 aliphatic heterocycles. The molecule has 1 heterocycles. The zero-order valence-electron chi connectivity index (χ0n) is 19.0. The molecular weight excluding hydrogens is 431 g/mol. The van der Waals surface area contributed by atoms with E-state index in [1.807, 2.05) is 24.3 Å². The molecule has 0 amide bonds. The van der Waals surface area contributed by atoms with Gasteiger partial charge in [0, 0.05) is 26.2 Å². The highest BCUT2D eigenvalue weighted by molar-refractivity contribution is 7.89. The van der Waals surface area contributed by atoms with Crippen LogP contribution in [0, 0.1) is 5.82 Å². The largest absolute Gasteiger partial charge is 0.491 e. The molecule has 0 aliphatic carbocycles. The zero-order chi connectivity index (χ0) is 23.4. The van der Waals surface area contributed by atoms with Crippen LogP contribution in [0.5, 0.6) is 5.75 Å². The van der Waals surface area contributed by atoms with Crippen LogP contribution < -0.4 is 4.74 Å². The normalized spacial score (nSPS) is 17.7. The molecular formula is C24H33FN2O4S. The summed E-state index contributed by atoms with van der Waals surface area (Å²) in [6, 6.07) is 12.8. The Kier molecular flexibility index (Phi) is 7.92. The van der Waals surface area contributed by atoms with Gasteiger partial charge in [-0.05, 0) is 60.3 Å². The van der Waals surface area contributed by atoms with Gasteiger partial charge in [0.25, 0.3) is 0 Å². The van der Waals surface area contributed by atoms with Crippen molar-refractivity contribution in [2.45, 2.75) is 43.6 Å². The molecule has 2 aromatic rings. The van der Waals surface area contributed by atoms with Gasteiger partial charge in [-0.1, -0.05) is 32.9 Å². The van der Waals surface area contributed by atoms with Crippen molar-refractivity contribution in [1.82, 2.24) is 9.21 Å². The van der Waals surface area contributed by atoms with E-state index < -0.39 is 21.9 Å². The second kappa shape index (κ2) is 10.3. The lowest BCUT2D eigenvalue weighted by molar-refractivity contribution is 0.0699. The van der Waals surface area contributed by atoms with Crippen molar-refractivity contribution in [3.05, 3.63) is 59.9 Å². The second-order valence-corrected chi connectivity index (χ2v) is 11.2. The molecule has 1 aliphatic rings. The third-order valence-corrected chi connectivity index (χ3v) is 7.54. The number of sulfonamides is 1. The van der Waals surface area contributed by atoms with Crippen molar-refractivity contribution in [3.63, 3.8) is 0 Å². The molecule has 32 heavy (non-hydrogen) atoms. The molecule has 1 unspecified atom stereocenters. The van der Waals surface area contributed by atoms with Gasteiger partial charge >= 0.3 is 0 Å². The number of hydrogen-bond acceptors (Lipinski definition) is 5. The molecule has 1 fully saturated rings. The molecule has 176 valence electrons. The highest BCUT2D eigenvalue weighted by atomic mass is 32.2. The molecule has 3 rings (SSSR count). The van der Waals surface area contributed by atoms with Gasteiger partial charge < -0.3 is 9.84 Å². The van der Waals surface area contributed by atoms with Crippen molar-refractivity contribution in [2.75, 3.05) is 39.3 Å². The van der Waals surface area contributed by atoms with Crippen molar-refractivity contribution in [2.24, 2.45) is 0 Å². The Balaban J connectivity index is 1.49. The van der Waals surface area contributed by atoms with Crippen LogP contribution in [0.3, 0.4) is 0 Å². The summed E-state index contributed by atoms with van der Waals surface area (Å²) in [7, 11) is -3.66. The first-order valence-electron chi connectivity index (χ1n) is 11.0. The van der Waals surface area contributed by atoms with Crippen molar-refractivity contribution < 1.29 is 22.7 Å². The topological polar surface area (TPSA) is 70.1 Å². The number of hydrogen-bond donors (Lipinski definition) is 1. The molecule has 1 atom stereocenters. The van der Waals surface area contributed by atoms with Crippen LogP contribution in [0.4, 0.5) is 4.39 Å². The van der Waals surface area contributed by atoms with E-state index in [1.54, 1.807) is 0 Å². The number of rotatable bonds is 7. The smallest absolute Gasteiger partial charge is 0.243 e. The van der Waals surface area contributed by atoms with Gasteiger partial charge in [0.2, 0.25) is 10.0 Å². The Morgan fingerprint density at radius 3 is 2.28 bits per heavy atom. The summed E-state index contributed by atoms with van der Waals surface area (Å²) in [4.78, 5) is 2.15. The third-order valence-electron chi connectivity index (χ3n) is 5.63. The van der Waals surface area contributed by atoms with Crippen LogP contribution in [-0.4, -0.2) is 68.2 Å². The summed E-state index contributed by atoms with van der Waals surface area (Å²) < 4.78 is 46.0. The minimum absolute atomic E-state index is 0.0723. The molecule has 0 bridgehead atoms. The Labute approximate surface area is 190 Å². The Morgan fingerprint density at radius 1 is 1.00 bits per heavy atom. The fourth-order valence-corrected chi connectivity index (χ4v) is 5.19. The van der Waals surface area contributed by atoms with E-state index >= 15 is 0 Å². The van der Waals surface area contributed by atoms with Gasteiger partial charge in [-0.3, -0.25) is 4.90 Å². The van der Waals surface area contributed by atoms with Crippen LogP contribution in [0.25, 0.3) is 0 Å². The highest BCUT2D eigenvalue weighted by Gasteiger charge is 2.27. The highest BCUT2D eigenvalue weighted by Crippen LogP contribution is 2.24. The van der Waals surface area contributed by atoms with E-state index in [2.05, 4.69) is 25.7 Å². The zero-order valence-corrected chi connectivity index (χ0v) is 19.8. The van der Waals surface area contributed by atoms with Crippen LogP contribution in [0.1, 0.15) is 32.8 Å². The molecule has 0 radical (unpaired) electrons. The maximum absolute atomic E-state index is 13.1. The Morgan fingerprint density at radius 2 is 1.66 bits per heavy atom. The summed E-state index contributed by atoms with van der Waals surface area (Å²) in [6.45, 7) is 8.95. The maximum atomic E-state index is 13.1. The summed E-state index contributed by atoms with van der Waals surface area (Å²) in [5, 5.41) is 10.4. The van der Waals surface area contributed by atoms with Gasteiger partial charge in [-0.25, -0.2) is 12.8 Å². The van der Waals surface area contributed by atoms with E-state index in [4.69, 9.17) is 4.74 Å². The van der Waals surface area contributed by atoms with Gasteiger partial charge in [-0.15, -0.1) is 0 Å². The molecule has 1 saturated heterocycles. The lowest BCUT2D eigenvalue weighted by Crippen LogP contribution is -2.39. The molecule has 0 spiro atoms. The quantitative estimate of drug-likeness (QED) is 0.681. The Bertz CT molecular complexity index is 973. The predicted molar refractivity (Wildman–Crippen MR) is 123 cm³/mol. The average molecular weight is 465 g/mol. The average Bonchev–Trinajstić information content (AvgIpc) is 2.98. The third kappa shape index (κ3) is 6.51. The fourth-order valence-electron chi connectivity index (χ4n) is 3.72. The predicted octanol–water partition coefficient (Wildman–Crippen LogP) is 3.26. The van der Waals surface area contributed by atoms with Gasteiger partial charge in [0.15, 0.2) is 0 Å². The van der Waals surface area contributed by atoms with Crippen molar-refractivity contribution in [3.8, 4) is 5.75 Å². The summed E-state index contributed by atoms with van der Waals surface area (Å²) in [5.41, 5.74) is 1.29. The monoisotopic (exact) mass is 464 g/mol. The minimum Gasteiger partial charge on any atom is -0.491 e. The maximum Gasteiger partial charge on any atom is 0.243 e. The van der Waals surface area contributed by atoms with E-state index in [9.17, 15) is 17.9 Å². The fraction of sp³-hybridized carbons (Fsp3) is 0.500. The molecule has 2 aromatic carbocycles. The van der Waals surface area contributed by atoms with Crippen molar-refractivity contribution >= 4 is 10.0 Å². The number of aliphatic hydroxyl groups excluding tert-OH is 1. The van der Waals surface area contributed by atoms with Crippen LogP contribution in [0.2, 0.25) is 0 Å². The summed E-state index contributed by atoms with van der Waals surface area (Å²) in [5.74, 6) is 0.247. The minimum atomic E-state index is -3.66. The Hall–Kier alpha value is -2.00. The van der Waals surface area contributed by atoms with Gasteiger partial charge in [-0.2, -0.15) is 4.31 Å². The first-order valence-corrected chi connectivity index (χ1v) is 12.4. The molecule has 1 N–H and O–H groups in total. The SMILES string of the molecule is CC(C)(C)c1ccc(OCC(O)CN2CCCN(S(=O)(=O)c3ccc(F)cc3)CC2)cc1. The van der Waals surface area contributed by atoms with Gasteiger partial charge in [0.1, 0.15) is 24.3 Å². The lowest BCUT2D eigenvalue weighted by atomic mass is 9.87. The van der Waals surface area contributed by atoms with Crippen molar-refractivity contribution in [1.29, 1.82) is 0 Å². The van der Waals surface area contributed by atoms with Crippen LogP contribution in [0.15, 0.2) is 53.4 Å². The van der Waals surface area contributed by atoms with E-state index in [1.165, 1.54) is 22.0 Å².